The monoisotopic (exact) mass is 311 g/mol. The van der Waals surface area contributed by atoms with Gasteiger partial charge >= 0.3 is 0 Å². The summed E-state index contributed by atoms with van der Waals surface area (Å²) in [4.78, 5) is 15.5. The minimum Gasteiger partial charge on any atom is -0.307 e. The lowest BCUT2D eigenvalue weighted by molar-refractivity contribution is 0.0983. The Kier molecular flexibility index (Phi) is 4.06. The highest BCUT2D eigenvalue weighted by Crippen LogP contribution is 2.24. The minimum absolute atomic E-state index is 0.0906. The molecule has 3 rings (SSSR count). The number of aromatic nitrogens is 2. The van der Waals surface area contributed by atoms with Crippen molar-refractivity contribution in [3.05, 3.63) is 59.1 Å². The molecule has 0 aliphatic carbocycles. The normalized spacial score (nSPS) is 10.6. The van der Waals surface area contributed by atoms with Gasteiger partial charge in [0.05, 0.1) is 10.6 Å². The molecule has 4 nitrogen and oxygen atoms in total. The first kappa shape index (κ1) is 14.5. The Morgan fingerprint density at radius 2 is 2.14 bits per heavy atom. The third kappa shape index (κ3) is 2.80. The van der Waals surface area contributed by atoms with Crippen molar-refractivity contribution in [2.45, 2.75) is 13.8 Å². The molecule has 0 aliphatic heterocycles. The zero-order valence-corrected chi connectivity index (χ0v) is 13.4. The van der Waals surface area contributed by atoms with Gasteiger partial charge in [0.2, 0.25) is 0 Å². The van der Waals surface area contributed by atoms with E-state index in [1.165, 1.54) is 0 Å². The number of hydrogen-bond acceptors (Lipinski definition) is 3. The lowest BCUT2D eigenvalue weighted by atomic mass is 10.2. The molecule has 2 heterocycles. The van der Waals surface area contributed by atoms with Crippen molar-refractivity contribution in [2.75, 3.05) is 11.4 Å². The Hall–Kier alpha value is -2.40. The molecular formula is C17H17N3OS. The van der Waals surface area contributed by atoms with Crippen LogP contribution in [0.15, 0.2) is 47.8 Å². The van der Waals surface area contributed by atoms with Gasteiger partial charge in [-0.1, -0.05) is 18.2 Å². The fraction of sp³-hybridized carbons (Fsp3) is 0.176. The van der Waals surface area contributed by atoms with Gasteiger partial charge < -0.3 is 4.90 Å². The summed E-state index contributed by atoms with van der Waals surface area (Å²) >= 11 is 1.62. The number of nitrogens with one attached hydrogen (secondary N) is 1. The number of H-pyrrole nitrogens is 1. The van der Waals surface area contributed by atoms with Crippen molar-refractivity contribution in [3.8, 4) is 10.6 Å². The van der Waals surface area contributed by atoms with Crippen LogP contribution in [0.25, 0.3) is 10.6 Å². The largest absolute Gasteiger partial charge is 0.307 e. The predicted octanol–water partition coefficient (Wildman–Crippen LogP) is 4.11. The molecule has 1 N–H and O–H groups in total. The highest BCUT2D eigenvalue weighted by molar-refractivity contribution is 7.13. The summed E-state index contributed by atoms with van der Waals surface area (Å²) in [7, 11) is 0. The van der Waals surface area contributed by atoms with Crippen LogP contribution in [0.1, 0.15) is 23.0 Å². The molecule has 5 heteroatoms. The summed E-state index contributed by atoms with van der Waals surface area (Å²) in [6.45, 7) is 4.59. The summed E-state index contributed by atoms with van der Waals surface area (Å²) in [6, 6.07) is 13.7. The highest BCUT2D eigenvalue weighted by atomic mass is 32.1. The van der Waals surface area contributed by atoms with Crippen LogP contribution in [0.3, 0.4) is 0 Å². The van der Waals surface area contributed by atoms with E-state index >= 15 is 0 Å². The fourth-order valence-electron chi connectivity index (χ4n) is 2.37. The molecule has 0 bridgehead atoms. The van der Waals surface area contributed by atoms with Crippen LogP contribution in [-0.2, 0) is 0 Å². The number of carbonyl (C=O) groups excluding carboxylic acids is 1. The summed E-state index contributed by atoms with van der Waals surface area (Å²) in [5.41, 5.74) is 3.34. The second-order valence-electron chi connectivity index (χ2n) is 5.03. The van der Waals surface area contributed by atoms with Crippen LogP contribution in [0.4, 0.5) is 5.69 Å². The molecule has 0 radical (unpaired) electrons. The van der Waals surface area contributed by atoms with E-state index in [2.05, 4.69) is 10.2 Å². The van der Waals surface area contributed by atoms with E-state index in [0.29, 0.717) is 12.2 Å². The maximum atomic E-state index is 12.7. The van der Waals surface area contributed by atoms with Gasteiger partial charge in [0.25, 0.3) is 5.91 Å². The number of carbonyl (C=O) groups is 1. The summed E-state index contributed by atoms with van der Waals surface area (Å²) in [5, 5.41) is 9.13. The van der Waals surface area contributed by atoms with Crippen LogP contribution < -0.4 is 4.90 Å². The molecule has 0 aliphatic rings. The SMILES string of the molecule is CCN(C(=O)c1cc(-c2cccs2)[nH]n1)c1cccc(C)c1. The molecule has 1 amide bonds. The first-order chi connectivity index (χ1) is 10.7. The number of aromatic amines is 1. The van der Waals surface area contributed by atoms with Crippen LogP contribution >= 0.6 is 11.3 Å². The number of amides is 1. The molecule has 3 aromatic rings. The first-order valence-electron chi connectivity index (χ1n) is 7.17. The third-order valence-corrected chi connectivity index (χ3v) is 4.36. The number of nitrogens with zero attached hydrogens (tertiary/aromatic N) is 2. The minimum atomic E-state index is -0.0906. The lowest BCUT2D eigenvalue weighted by Gasteiger charge is -2.20. The lowest BCUT2D eigenvalue weighted by Crippen LogP contribution is -2.30. The zero-order chi connectivity index (χ0) is 15.5. The molecule has 22 heavy (non-hydrogen) atoms. The van der Waals surface area contributed by atoms with Gasteiger partial charge in [-0.2, -0.15) is 5.10 Å². The molecule has 0 saturated carbocycles. The average Bonchev–Trinajstić information content (AvgIpc) is 3.19. The molecule has 0 unspecified atom stereocenters. The zero-order valence-electron chi connectivity index (χ0n) is 12.5. The summed E-state index contributed by atoms with van der Waals surface area (Å²) < 4.78 is 0. The van der Waals surface area contributed by atoms with Gasteiger partial charge in [-0.15, -0.1) is 11.3 Å². The second kappa shape index (κ2) is 6.15. The Bertz CT molecular complexity index is 777. The van der Waals surface area contributed by atoms with Gasteiger partial charge in [-0.25, -0.2) is 0 Å². The number of anilines is 1. The Morgan fingerprint density at radius 1 is 1.27 bits per heavy atom. The van der Waals surface area contributed by atoms with E-state index in [1.54, 1.807) is 16.2 Å². The second-order valence-corrected chi connectivity index (χ2v) is 5.98. The van der Waals surface area contributed by atoms with Crippen molar-refractivity contribution in [1.29, 1.82) is 0 Å². The number of rotatable bonds is 4. The van der Waals surface area contributed by atoms with E-state index in [-0.39, 0.29) is 5.91 Å². The van der Waals surface area contributed by atoms with Gasteiger partial charge in [-0.3, -0.25) is 9.89 Å². The number of hydrogen-bond donors (Lipinski definition) is 1. The third-order valence-electron chi connectivity index (χ3n) is 3.46. The van der Waals surface area contributed by atoms with Crippen LogP contribution in [0.5, 0.6) is 0 Å². The Morgan fingerprint density at radius 3 is 2.82 bits per heavy atom. The van der Waals surface area contributed by atoms with Gasteiger partial charge in [0.1, 0.15) is 0 Å². The van der Waals surface area contributed by atoms with Crippen LogP contribution in [0, 0.1) is 6.92 Å². The topological polar surface area (TPSA) is 49.0 Å². The fourth-order valence-corrected chi connectivity index (χ4v) is 3.06. The van der Waals surface area contributed by atoms with Crippen LogP contribution in [0.2, 0.25) is 0 Å². The summed E-state index contributed by atoms with van der Waals surface area (Å²) in [5.74, 6) is -0.0906. The maximum Gasteiger partial charge on any atom is 0.278 e. The smallest absolute Gasteiger partial charge is 0.278 e. The maximum absolute atomic E-state index is 12.7. The molecule has 0 spiro atoms. The number of benzene rings is 1. The van der Waals surface area contributed by atoms with Gasteiger partial charge in [0.15, 0.2) is 5.69 Å². The van der Waals surface area contributed by atoms with E-state index in [9.17, 15) is 4.79 Å². The van der Waals surface area contributed by atoms with Crippen LogP contribution in [-0.4, -0.2) is 22.6 Å². The van der Waals surface area contributed by atoms with E-state index < -0.39 is 0 Å². The van der Waals surface area contributed by atoms with Gasteiger partial charge in [-0.05, 0) is 49.1 Å². The molecule has 0 atom stereocenters. The highest BCUT2D eigenvalue weighted by Gasteiger charge is 2.19. The van der Waals surface area contributed by atoms with E-state index in [4.69, 9.17) is 0 Å². The summed E-state index contributed by atoms with van der Waals surface area (Å²) in [6.07, 6.45) is 0. The standard InChI is InChI=1S/C17H17N3OS/c1-3-20(13-7-4-6-12(2)10-13)17(21)15-11-14(18-19-15)16-8-5-9-22-16/h4-11H,3H2,1-2H3,(H,18,19). The molecule has 0 fully saturated rings. The van der Waals surface area contributed by atoms with E-state index in [0.717, 1.165) is 21.8 Å². The molecule has 0 saturated heterocycles. The molecular weight excluding hydrogens is 294 g/mol. The number of aryl methyl sites for hydroxylation is 1. The quantitative estimate of drug-likeness (QED) is 0.788. The van der Waals surface area contributed by atoms with Crippen molar-refractivity contribution in [3.63, 3.8) is 0 Å². The van der Waals surface area contributed by atoms with Crippen molar-refractivity contribution >= 4 is 22.9 Å². The first-order valence-corrected chi connectivity index (χ1v) is 8.05. The van der Waals surface area contributed by atoms with Crippen molar-refractivity contribution in [2.24, 2.45) is 0 Å². The van der Waals surface area contributed by atoms with Crippen molar-refractivity contribution in [1.82, 2.24) is 10.2 Å². The van der Waals surface area contributed by atoms with E-state index in [1.807, 2.05) is 61.7 Å². The predicted molar refractivity (Wildman–Crippen MR) is 90.4 cm³/mol. The molecule has 1 aromatic carbocycles. The Balaban J connectivity index is 1.89. The van der Waals surface area contributed by atoms with Gasteiger partial charge in [0, 0.05) is 12.2 Å². The molecule has 112 valence electrons. The molecule has 2 aromatic heterocycles. The average molecular weight is 311 g/mol. The Labute approximate surface area is 133 Å². The van der Waals surface area contributed by atoms with Crippen molar-refractivity contribution < 1.29 is 4.79 Å². The number of thiophene rings is 1.